The monoisotopic (exact) mass is 203 g/mol. The molecule has 0 radical (unpaired) electrons. The van der Waals surface area contributed by atoms with E-state index in [2.05, 4.69) is 42.7 Å². The fourth-order valence-corrected chi connectivity index (χ4v) is 2.02. The van der Waals surface area contributed by atoms with Crippen LogP contribution >= 0.6 is 12.6 Å². The van der Waals surface area contributed by atoms with Crippen molar-refractivity contribution in [2.24, 2.45) is 0 Å². The molecular weight excluding hydrogens is 190 g/mol. The van der Waals surface area contributed by atoms with Gasteiger partial charge in [-0.25, -0.2) is 0 Å². The maximum atomic E-state index is 4.54. The van der Waals surface area contributed by atoms with Crippen molar-refractivity contribution in [3.8, 4) is 0 Å². The van der Waals surface area contributed by atoms with Crippen LogP contribution in [0.3, 0.4) is 0 Å². The highest BCUT2D eigenvalue weighted by Crippen LogP contribution is 2.24. The first kappa shape index (κ1) is 9.53. The molecule has 0 atom stereocenters. The Morgan fingerprint density at radius 3 is 2.93 bits per heavy atom. The van der Waals surface area contributed by atoms with Gasteiger partial charge in [-0.05, 0) is 18.1 Å². The molecular formula is C12H13NS. The Kier molecular flexibility index (Phi) is 2.73. The van der Waals surface area contributed by atoms with Crippen molar-refractivity contribution in [2.45, 2.75) is 24.7 Å². The van der Waals surface area contributed by atoms with E-state index in [1.54, 1.807) is 0 Å². The molecule has 72 valence electrons. The first-order valence-corrected chi connectivity index (χ1v) is 5.33. The molecule has 0 saturated heterocycles. The van der Waals surface area contributed by atoms with Crippen LogP contribution in [0.1, 0.15) is 18.9 Å². The van der Waals surface area contributed by atoms with Crippen LogP contribution in [0.15, 0.2) is 35.4 Å². The van der Waals surface area contributed by atoms with E-state index in [0.29, 0.717) is 0 Å². The summed E-state index contributed by atoms with van der Waals surface area (Å²) in [5.74, 6) is 0. The minimum atomic E-state index is 1.02. The first-order valence-electron chi connectivity index (χ1n) is 4.88. The first-order chi connectivity index (χ1) is 6.83. The number of hydrogen-bond donors (Lipinski definition) is 1. The number of rotatable bonds is 2. The summed E-state index contributed by atoms with van der Waals surface area (Å²) in [6, 6.07) is 8.29. The van der Waals surface area contributed by atoms with Crippen LogP contribution in [0, 0.1) is 0 Å². The van der Waals surface area contributed by atoms with Gasteiger partial charge >= 0.3 is 0 Å². The van der Waals surface area contributed by atoms with Crippen LogP contribution < -0.4 is 0 Å². The molecule has 1 aromatic carbocycles. The summed E-state index contributed by atoms with van der Waals surface area (Å²) < 4.78 is 0. The Morgan fingerprint density at radius 1 is 1.29 bits per heavy atom. The van der Waals surface area contributed by atoms with Gasteiger partial charge in [0, 0.05) is 16.5 Å². The molecule has 0 saturated carbocycles. The molecule has 1 heterocycles. The second kappa shape index (κ2) is 4.01. The summed E-state index contributed by atoms with van der Waals surface area (Å²) in [4.78, 5) is 5.38. The van der Waals surface area contributed by atoms with Crippen molar-refractivity contribution in [2.75, 3.05) is 0 Å². The second-order valence-corrected chi connectivity index (χ2v) is 3.85. The highest BCUT2D eigenvalue weighted by Gasteiger charge is 2.03. The minimum absolute atomic E-state index is 1.02. The maximum Gasteiger partial charge on any atom is 0.0837 e. The fraction of sp³-hybridized carbons (Fsp3) is 0.250. The number of thiol groups is 1. The average Bonchev–Trinajstić information content (AvgIpc) is 2.23. The molecule has 0 amide bonds. The Balaban J connectivity index is 2.63. The normalized spacial score (nSPS) is 10.7. The van der Waals surface area contributed by atoms with Gasteiger partial charge in [0.25, 0.3) is 0 Å². The number of nitrogens with zero attached hydrogens (tertiary/aromatic N) is 1. The van der Waals surface area contributed by atoms with E-state index in [1.807, 2.05) is 12.3 Å². The molecule has 0 fully saturated rings. The zero-order chi connectivity index (χ0) is 9.97. The summed E-state index contributed by atoms with van der Waals surface area (Å²) >= 11 is 4.54. The molecule has 14 heavy (non-hydrogen) atoms. The third-order valence-electron chi connectivity index (χ3n) is 2.35. The van der Waals surface area contributed by atoms with Gasteiger partial charge in [0.15, 0.2) is 0 Å². The number of hydrogen-bond acceptors (Lipinski definition) is 2. The lowest BCUT2D eigenvalue weighted by molar-refractivity contribution is 0.904. The summed E-state index contributed by atoms with van der Waals surface area (Å²) in [5.41, 5.74) is 2.31. The number of pyridine rings is 1. The van der Waals surface area contributed by atoms with Crippen LogP contribution in [0.5, 0.6) is 0 Å². The highest BCUT2D eigenvalue weighted by molar-refractivity contribution is 7.80. The van der Waals surface area contributed by atoms with Crippen molar-refractivity contribution >= 4 is 23.5 Å². The lowest BCUT2D eigenvalue weighted by atomic mass is 10.1. The molecule has 1 aromatic heterocycles. The smallest absolute Gasteiger partial charge is 0.0837 e. The zero-order valence-corrected chi connectivity index (χ0v) is 9.09. The molecule has 2 rings (SSSR count). The summed E-state index contributed by atoms with van der Waals surface area (Å²) in [7, 11) is 0. The van der Waals surface area contributed by atoms with E-state index < -0.39 is 0 Å². The molecule has 0 spiro atoms. The summed E-state index contributed by atoms with van der Waals surface area (Å²) in [6.07, 6.45) is 4.04. The van der Waals surface area contributed by atoms with Gasteiger partial charge in [0.2, 0.25) is 0 Å². The van der Waals surface area contributed by atoms with Crippen LogP contribution in [-0.2, 0) is 6.42 Å². The van der Waals surface area contributed by atoms with Crippen molar-refractivity contribution in [3.63, 3.8) is 0 Å². The van der Waals surface area contributed by atoms with Crippen LogP contribution in [0.4, 0.5) is 0 Å². The van der Waals surface area contributed by atoms with E-state index in [9.17, 15) is 0 Å². The van der Waals surface area contributed by atoms with Gasteiger partial charge in [0.05, 0.1) is 5.52 Å². The molecule has 1 nitrogen and oxygen atoms in total. The van der Waals surface area contributed by atoms with Crippen molar-refractivity contribution in [1.29, 1.82) is 0 Å². The Morgan fingerprint density at radius 2 is 2.14 bits per heavy atom. The van der Waals surface area contributed by atoms with Crippen LogP contribution in [0.25, 0.3) is 10.9 Å². The molecule has 0 aliphatic rings. The van der Waals surface area contributed by atoms with E-state index in [1.165, 1.54) is 5.56 Å². The third kappa shape index (κ3) is 1.62. The quantitative estimate of drug-likeness (QED) is 0.737. The van der Waals surface area contributed by atoms with Crippen LogP contribution in [-0.4, -0.2) is 4.98 Å². The van der Waals surface area contributed by atoms with Gasteiger partial charge in [0.1, 0.15) is 0 Å². The highest BCUT2D eigenvalue weighted by atomic mass is 32.1. The van der Waals surface area contributed by atoms with Crippen LogP contribution in [0.2, 0.25) is 0 Å². The maximum absolute atomic E-state index is 4.54. The van der Waals surface area contributed by atoms with Gasteiger partial charge < -0.3 is 0 Å². The standard InChI is InChI=1S/C12H13NS/c1-2-4-10-7-6-9-5-3-8-13-11(9)12(10)14/h3,5-8,14H,2,4H2,1H3. The van der Waals surface area contributed by atoms with E-state index >= 15 is 0 Å². The number of aryl methyl sites for hydroxylation is 1. The van der Waals surface area contributed by atoms with Gasteiger partial charge in [-0.15, -0.1) is 12.6 Å². The van der Waals surface area contributed by atoms with E-state index in [-0.39, 0.29) is 0 Å². The number of fused-ring (bicyclic) bond motifs is 1. The van der Waals surface area contributed by atoms with E-state index in [0.717, 1.165) is 28.6 Å². The predicted octanol–water partition coefficient (Wildman–Crippen LogP) is 3.48. The Labute approximate surface area is 89.6 Å². The summed E-state index contributed by atoms with van der Waals surface area (Å²) in [5, 5.41) is 1.16. The van der Waals surface area contributed by atoms with Crippen molar-refractivity contribution < 1.29 is 0 Å². The lowest BCUT2D eigenvalue weighted by Crippen LogP contribution is -1.88. The second-order valence-electron chi connectivity index (χ2n) is 3.40. The average molecular weight is 203 g/mol. The SMILES string of the molecule is CCCc1ccc2cccnc2c1S. The lowest BCUT2D eigenvalue weighted by Gasteiger charge is -2.06. The van der Waals surface area contributed by atoms with Gasteiger partial charge in [-0.2, -0.15) is 0 Å². The fourth-order valence-electron chi connectivity index (χ4n) is 1.64. The Bertz CT molecular complexity index is 451. The van der Waals surface area contributed by atoms with Crippen molar-refractivity contribution in [3.05, 3.63) is 36.0 Å². The molecule has 0 aliphatic carbocycles. The zero-order valence-electron chi connectivity index (χ0n) is 8.20. The molecule has 0 aliphatic heterocycles. The molecule has 2 heteroatoms. The predicted molar refractivity (Wildman–Crippen MR) is 63.0 cm³/mol. The van der Waals surface area contributed by atoms with Crippen molar-refractivity contribution in [1.82, 2.24) is 4.98 Å². The molecule has 0 unspecified atom stereocenters. The minimum Gasteiger partial charge on any atom is -0.255 e. The summed E-state index contributed by atoms with van der Waals surface area (Å²) in [6.45, 7) is 2.18. The largest absolute Gasteiger partial charge is 0.255 e. The topological polar surface area (TPSA) is 12.9 Å². The molecule has 0 bridgehead atoms. The number of benzene rings is 1. The molecule has 2 aromatic rings. The van der Waals surface area contributed by atoms with Gasteiger partial charge in [-0.3, -0.25) is 4.98 Å². The Hall–Kier alpha value is -1.02. The molecule has 0 N–H and O–H groups in total. The van der Waals surface area contributed by atoms with E-state index in [4.69, 9.17) is 0 Å². The number of aromatic nitrogens is 1. The third-order valence-corrected chi connectivity index (χ3v) is 2.85. The van der Waals surface area contributed by atoms with Gasteiger partial charge in [-0.1, -0.05) is 31.5 Å².